The van der Waals surface area contributed by atoms with Crippen LogP contribution in [0.5, 0.6) is 5.75 Å². The first-order valence-corrected chi connectivity index (χ1v) is 12.3. The van der Waals surface area contributed by atoms with Crippen LogP contribution in [-0.4, -0.2) is 41.9 Å². The van der Waals surface area contributed by atoms with E-state index in [2.05, 4.69) is 17.4 Å². The van der Waals surface area contributed by atoms with Gasteiger partial charge in [-0.05, 0) is 62.3 Å². The molecular weight excluding hydrogens is 412 g/mol. The summed E-state index contributed by atoms with van der Waals surface area (Å²) in [7, 11) is 0. The molecule has 1 atom stereocenters. The van der Waals surface area contributed by atoms with Crippen molar-refractivity contribution in [1.29, 1.82) is 0 Å². The maximum Gasteiger partial charge on any atom is 0.261 e. The van der Waals surface area contributed by atoms with Crippen molar-refractivity contribution >= 4 is 11.8 Å². The van der Waals surface area contributed by atoms with E-state index in [-0.39, 0.29) is 24.5 Å². The molecule has 0 radical (unpaired) electrons. The smallest absolute Gasteiger partial charge is 0.261 e. The molecule has 2 aromatic carbocycles. The fraction of sp³-hybridized carbons (Fsp3) is 0.500. The van der Waals surface area contributed by atoms with Crippen molar-refractivity contribution in [3.8, 4) is 5.75 Å². The zero-order valence-electron chi connectivity index (χ0n) is 20.3. The Kier molecular flexibility index (Phi) is 9.35. The Labute approximate surface area is 198 Å². The normalized spacial score (nSPS) is 15.0. The lowest BCUT2D eigenvalue weighted by molar-refractivity contribution is -0.142. The molecule has 0 spiro atoms. The molecule has 178 valence electrons. The van der Waals surface area contributed by atoms with E-state index in [1.54, 1.807) is 4.90 Å². The number of amides is 2. The molecule has 1 aliphatic rings. The number of rotatable bonds is 10. The standard InChI is InChI=1S/C28H38N2O3/c1-4-25(28(32)29-24-13-9-6-10-14-24)30(18-17-23-11-7-5-8-12-23)27(31)20-33-26-19-21(2)15-16-22(26)3/h5,7-8,11-12,15-16,19,24-25H,4,6,9-10,13-14,17-18,20H2,1-3H3,(H,29,32)/t25-/m0/s1. The van der Waals surface area contributed by atoms with Crippen molar-refractivity contribution in [3.63, 3.8) is 0 Å². The molecule has 33 heavy (non-hydrogen) atoms. The van der Waals surface area contributed by atoms with Crippen molar-refractivity contribution in [2.75, 3.05) is 13.2 Å². The molecule has 0 bridgehead atoms. The van der Waals surface area contributed by atoms with Gasteiger partial charge in [0.15, 0.2) is 6.61 Å². The molecule has 5 nitrogen and oxygen atoms in total. The third-order valence-corrected chi connectivity index (χ3v) is 6.52. The molecule has 0 aliphatic heterocycles. The quantitative estimate of drug-likeness (QED) is 0.555. The van der Waals surface area contributed by atoms with Crippen LogP contribution < -0.4 is 10.1 Å². The molecule has 1 N–H and O–H groups in total. The lowest BCUT2D eigenvalue weighted by atomic mass is 9.95. The molecule has 2 aromatic rings. The number of hydrogen-bond acceptors (Lipinski definition) is 3. The van der Waals surface area contributed by atoms with Gasteiger partial charge in [-0.1, -0.05) is 68.7 Å². The third kappa shape index (κ3) is 7.34. The van der Waals surface area contributed by atoms with Crippen LogP contribution in [0, 0.1) is 13.8 Å². The molecule has 1 fully saturated rings. The number of hydrogen-bond donors (Lipinski definition) is 1. The number of carbonyl (C=O) groups is 2. The largest absolute Gasteiger partial charge is 0.483 e. The molecule has 3 rings (SSSR count). The molecule has 1 aliphatic carbocycles. The van der Waals surface area contributed by atoms with Gasteiger partial charge < -0.3 is 15.0 Å². The highest BCUT2D eigenvalue weighted by atomic mass is 16.5. The maximum atomic E-state index is 13.4. The van der Waals surface area contributed by atoms with Gasteiger partial charge in [0.1, 0.15) is 11.8 Å². The van der Waals surface area contributed by atoms with Crippen molar-refractivity contribution in [2.45, 2.75) is 77.8 Å². The molecular formula is C28H38N2O3. The van der Waals surface area contributed by atoms with Crippen LogP contribution in [-0.2, 0) is 16.0 Å². The van der Waals surface area contributed by atoms with Crippen molar-refractivity contribution in [3.05, 3.63) is 65.2 Å². The average molecular weight is 451 g/mol. The summed E-state index contributed by atoms with van der Waals surface area (Å²) >= 11 is 0. The van der Waals surface area contributed by atoms with E-state index >= 15 is 0 Å². The van der Waals surface area contributed by atoms with Crippen LogP contribution in [0.4, 0.5) is 0 Å². The van der Waals surface area contributed by atoms with Crippen LogP contribution in [0.15, 0.2) is 48.5 Å². The summed E-state index contributed by atoms with van der Waals surface area (Å²) in [6.07, 6.45) is 6.86. The first-order valence-electron chi connectivity index (χ1n) is 12.3. The molecule has 5 heteroatoms. The Balaban J connectivity index is 1.72. The van der Waals surface area contributed by atoms with Gasteiger partial charge in [0.2, 0.25) is 5.91 Å². The summed E-state index contributed by atoms with van der Waals surface area (Å²) < 4.78 is 5.91. The summed E-state index contributed by atoms with van der Waals surface area (Å²) in [5.41, 5.74) is 3.22. The molecule has 0 unspecified atom stereocenters. The van der Waals surface area contributed by atoms with E-state index < -0.39 is 6.04 Å². The molecule has 0 aromatic heterocycles. The summed E-state index contributed by atoms with van der Waals surface area (Å²) in [4.78, 5) is 28.3. The van der Waals surface area contributed by atoms with E-state index in [1.807, 2.05) is 57.2 Å². The minimum atomic E-state index is -0.495. The topological polar surface area (TPSA) is 58.6 Å². The van der Waals surface area contributed by atoms with Gasteiger partial charge in [-0.15, -0.1) is 0 Å². The van der Waals surface area contributed by atoms with Crippen molar-refractivity contribution < 1.29 is 14.3 Å². The number of carbonyl (C=O) groups excluding carboxylic acids is 2. The van der Waals surface area contributed by atoms with E-state index in [4.69, 9.17) is 4.74 Å². The number of nitrogens with zero attached hydrogens (tertiary/aromatic N) is 1. The van der Waals surface area contributed by atoms with Crippen LogP contribution in [0.25, 0.3) is 0 Å². The Hall–Kier alpha value is -2.82. The lowest BCUT2D eigenvalue weighted by Crippen LogP contribution is -2.53. The predicted octanol–water partition coefficient (Wildman–Crippen LogP) is 4.98. The summed E-state index contributed by atoms with van der Waals surface area (Å²) in [5.74, 6) is 0.515. The van der Waals surface area contributed by atoms with Crippen molar-refractivity contribution in [2.24, 2.45) is 0 Å². The molecule has 2 amide bonds. The second kappa shape index (κ2) is 12.4. The van der Waals surface area contributed by atoms with E-state index in [0.717, 1.165) is 42.4 Å². The van der Waals surface area contributed by atoms with E-state index in [1.165, 1.54) is 6.42 Å². The number of nitrogens with one attached hydrogen (secondary N) is 1. The zero-order chi connectivity index (χ0) is 23.6. The summed E-state index contributed by atoms with van der Waals surface area (Å²) in [6, 6.07) is 15.8. The number of benzene rings is 2. The van der Waals surface area contributed by atoms with E-state index in [0.29, 0.717) is 25.1 Å². The Morgan fingerprint density at radius 2 is 1.79 bits per heavy atom. The van der Waals surface area contributed by atoms with Gasteiger partial charge in [-0.3, -0.25) is 9.59 Å². The first kappa shape index (κ1) is 24.8. The first-order chi connectivity index (χ1) is 16.0. The molecule has 1 saturated carbocycles. The second-order valence-corrected chi connectivity index (χ2v) is 9.15. The monoisotopic (exact) mass is 450 g/mol. The minimum absolute atomic E-state index is 0.0439. The van der Waals surface area contributed by atoms with Gasteiger partial charge >= 0.3 is 0 Å². The Morgan fingerprint density at radius 3 is 2.48 bits per heavy atom. The number of ether oxygens (including phenoxy) is 1. The fourth-order valence-electron chi connectivity index (χ4n) is 4.53. The average Bonchev–Trinajstić information content (AvgIpc) is 2.83. The highest BCUT2D eigenvalue weighted by molar-refractivity contribution is 5.88. The van der Waals surface area contributed by atoms with Crippen molar-refractivity contribution in [1.82, 2.24) is 10.2 Å². The fourth-order valence-corrected chi connectivity index (χ4v) is 4.53. The van der Waals surface area contributed by atoms with Crippen LogP contribution in [0.1, 0.15) is 62.1 Å². The number of aryl methyl sites for hydroxylation is 2. The van der Waals surface area contributed by atoms with Crippen LogP contribution in [0.2, 0.25) is 0 Å². The van der Waals surface area contributed by atoms with Crippen LogP contribution in [0.3, 0.4) is 0 Å². The van der Waals surface area contributed by atoms with Gasteiger partial charge in [0.25, 0.3) is 5.91 Å². The van der Waals surface area contributed by atoms with Crippen LogP contribution >= 0.6 is 0 Å². The third-order valence-electron chi connectivity index (χ3n) is 6.52. The van der Waals surface area contributed by atoms with Gasteiger partial charge in [-0.2, -0.15) is 0 Å². The van der Waals surface area contributed by atoms with E-state index in [9.17, 15) is 9.59 Å². The summed E-state index contributed by atoms with van der Waals surface area (Å²) in [6.45, 7) is 6.35. The SMILES string of the molecule is CC[C@@H](C(=O)NC1CCCCC1)N(CCc1ccccc1)C(=O)COc1cc(C)ccc1C. The Bertz CT molecular complexity index is 907. The predicted molar refractivity (Wildman–Crippen MR) is 132 cm³/mol. The van der Waals surface area contributed by atoms with Gasteiger partial charge in [-0.25, -0.2) is 0 Å². The Morgan fingerprint density at radius 1 is 1.06 bits per heavy atom. The highest BCUT2D eigenvalue weighted by Gasteiger charge is 2.30. The molecule has 0 heterocycles. The minimum Gasteiger partial charge on any atom is -0.483 e. The lowest BCUT2D eigenvalue weighted by Gasteiger charge is -2.32. The summed E-state index contributed by atoms with van der Waals surface area (Å²) in [5, 5.41) is 3.22. The second-order valence-electron chi connectivity index (χ2n) is 9.15. The maximum absolute atomic E-state index is 13.4. The highest BCUT2D eigenvalue weighted by Crippen LogP contribution is 2.20. The molecule has 0 saturated heterocycles. The zero-order valence-corrected chi connectivity index (χ0v) is 20.3. The van der Waals surface area contributed by atoms with Gasteiger partial charge in [0.05, 0.1) is 0 Å². The van der Waals surface area contributed by atoms with Gasteiger partial charge in [0, 0.05) is 12.6 Å².